The average Bonchev–Trinajstić information content (AvgIpc) is 3.03. The Hall–Kier alpha value is -1.79. The van der Waals surface area contributed by atoms with E-state index in [2.05, 4.69) is 51.0 Å². The van der Waals surface area contributed by atoms with Gasteiger partial charge in [0.1, 0.15) is 0 Å². The Labute approximate surface area is 154 Å². The molecule has 1 aliphatic rings. The average molecular weight is 363 g/mol. The van der Waals surface area contributed by atoms with Gasteiger partial charge in [0.15, 0.2) is 0 Å². The van der Waals surface area contributed by atoms with Crippen molar-refractivity contribution in [3.05, 3.63) is 34.9 Å². The molecular weight excluding hydrogens is 336 g/mol. The number of nitrogen functional groups attached to an aromatic ring is 1. The third-order valence-corrected chi connectivity index (χ3v) is 5.21. The van der Waals surface area contributed by atoms with Gasteiger partial charge in [-0.2, -0.15) is 4.98 Å². The Kier molecular flexibility index (Phi) is 5.81. The number of hydrogen-bond donors (Lipinski definition) is 2. The summed E-state index contributed by atoms with van der Waals surface area (Å²) in [4.78, 5) is 9.09. The van der Waals surface area contributed by atoms with Crippen molar-refractivity contribution in [2.45, 2.75) is 45.2 Å². The largest absolute Gasteiger partial charge is 0.366 e. The number of aromatic amines is 1. The number of halogens is 1. The van der Waals surface area contributed by atoms with E-state index in [0.29, 0.717) is 18.0 Å². The van der Waals surface area contributed by atoms with Crippen LogP contribution in [0.5, 0.6) is 0 Å². The van der Waals surface area contributed by atoms with Crippen LogP contribution < -0.4 is 10.6 Å². The van der Waals surface area contributed by atoms with Crippen LogP contribution in [0.4, 0.5) is 11.9 Å². The molecule has 3 N–H and O–H groups in total. The SMILES string of the molecule is CC(C)N(CCc1ccc(Cl)cc1)C1CCN(c2nc(N)n[nH]2)CC1. The number of piperidine rings is 1. The van der Waals surface area contributed by atoms with E-state index in [0.717, 1.165) is 49.9 Å². The fourth-order valence-electron chi connectivity index (χ4n) is 3.59. The first kappa shape index (κ1) is 18.0. The molecule has 0 amide bonds. The van der Waals surface area contributed by atoms with Gasteiger partial charge >= 0.3 is 0 Å². The van der Waals surface area contributed by atoms with Crippen LogP contribution in [-0.4, -0.2) is 51.8 Å². The van der Waals surface area contributed by atoms with E-state index in [1.54, 1.807) is 0 Å². The minimum atomic E-state index is 0.309. The molecule has 6 nitrogen and oxygen atoms in total. The van der Waals surface area contributed by atoms with Gasteiger partial charge in [0.05, 0.1) is 0 Å². The quantitative estimate of drug-likeness (QED) is 0.826. The van der Waals surface area contributed by atoms with E-state index in [4.69, 9.17) is 17.3 Å². The lowest BCUT2D eigenvalue weighted by atomic mass is 10.0. The van der Waals surface area contributed by atoms with E-state index in [9.17, 15) is 0 Å². The molecule has 1 aromatic heterocycles. The molecule has 0 saturated carbocycles. The first-order chi connectivity index (χ1) is 12.0. The first-order valence-electron chi connectivity index (χ1n) is 8.96. The Balaban J connectivity index is 1.55. The summed E-state index contributed by atoms with van der Waals surface area (Å²) in [6, 6.07) is 9.32. The Morgan fingerprint density at radius 1 is 1.28 bits per heavy atom. The van der Waals surface area contributed by atoms with Crippen LogP contribution in [0.3, 0.4) is 0 Å². The number of nitrogens with one attached hydrogen (secondary N) is 1. The van der Waals surface area contributed by atoms with Crippen molar-refractivity contribution in [3.8, 4) is 0 Å². The van der Waals surface area contributed by atoms with Gasteiger partial charge in [-0.05, 0) is 50.8 Å². The molecule has 0 aliphatic carbocycles. The van der Waals surface area contributed by atoms with E-state index < -0.39 is 0 Å². The third kappa shape index (κ3) is 4.64. The van der Waals surface area contributed by atoms with Crippen molar-refractivity contribution < 1.29 is 0 Å². The molecule has 1 fully saturated rings. The predicted molar refractivity (Wildman–Crippen MR) is 103 cm³/mol. The highest BCUT2D eigenvalue weighted by Gasteiger charge is 2.27. The molecule has 136 valence electrons. The zero-order chi connectivity index (χ0) is 17.8. The monoisotopic (exact) mass is 362 g/mol. The molecule has 2 aromatic rings. The fourth-order valence-corrected chi connectivity index (χ4v) is 3.71. The third-order valence-electron chi connectivity index (χ3n) is 4.96. The van der Waals surface area contributed by atoms with Gasteiger partial charge in [-0.1, -0.05) is 23.7 Å². The van der Waals surface area contributed by atoms with Gasteiger partial charge in [-0.3, -0.25) is 4.90 Å². The standard InChI is InChI=1S/C18H27ClN6/c1-13(2)25(12-7-14-3-5-15(19)6-4-14)16-8-10-24(11-9-16)18-21-17(20)22-23-18/h3-6,13,16H,7-12H2,1-2H3,(H3,20,21,22,23). The molecular formula is C18H27ClN6. The molecule has 25 heavy (non-hydrogen) atoms. The van der Waals surface area contributed by atoms with Crippen molar-refractivity contribution in [2.75, 3.05) is 30.3 Å². The molecule has 3 rings (SSSR count). The van der Waals surface area contributed by atoms with Crippen molar-refractivity contribution in [3.63, 3.8) is 0 Å². The summed E-state index contributed by atoms with van der Waals surface area (Å²) in [6.07, 6.45) is 3.30. The summed E-state index contributed by atoms with van der Waals surface area (Å²) in [5.41, 5.74) is 6.95. The van der Waals surface area contributed by atoms with Crippen LogP contribution in [0.2, 0.25) is 5.02 Å². The van der Waals surface area contributed by atoms with Crippen molar-refractivity contribution in [1.29, 1.82) is 0 Å². The molecule has 0 bridgehead atoms. The summed E-state index contributed by atoms with van der Waals surface area (Å²) >= 11 is 5.98. The number of rotatable bonds is 6. The molecule has 1 aliphatic heterocycles. The Morgan fingerprint density at radius 2 is 1.96 bits per heavy atom. The normalized spacial score (nSPS) is 16.1. The number of anilines is 2. The highest BCUT2D eigenvalue weighted by Crippen LogP contribution is 2.22. The molecule has 7 heteroatoms. The van der Waals surface area contributed by atoms with Gasteiger partial charge < -0.3 is 10.6 Å². The van der Waals surface area contributed by atoms with Gasteiger partial charge in [0, 0.05) is 36.7 Å². The van der Waals surface area contributed by atoms with Crippen LogP contribution in [0.1, 0.15) is 32.3 Å². The molecule has 1 saturated heterocycles. The number of nitrogens with two attached hydrogens (primary N) is 1. The summed E-state index contributed by atoms with van der Waals surface area (Å²) in [5.74, 6) is 1.09. The molecule has 0 radical (unpaired) electrons. The van der Waals surface area contributed by atoms with Crippen LogP contribution >= 0.6 is 11.6 Å². The van der Waals surface area contributed by atoms with E-state index in [-0.39, 0.29) is 0 Å². The molecule has 0 atom stereocenters. The Bertz CT molecular complexity index is 660. The fraction of sp³-hybridized carbons (Fsp3) is 0.556. The molecule has 0 unspecified atom stereocenters. The van der Waals surface area contributed by atoms with Gasteiger partial charge in [-0.15, -0.1) is 5.10 Å². The zero-order valence-corrected chi connectivity index (χ0v) is 15.7. The van der Waals surface area contributed by atoms with E-state index >= 15 is 0 Å². The number of H-pyrrole nitrogens is 1. The maximum atomic E-state index is 5.98. The lowest BCUT2D eigenvalue weighted by Gasteiger charge is -2.40. The summed E-state index contributed by atoms with van der Waals surface area (Å²) in [5, 5.41) is 7.63. The van der Waals surface area contributed by atoms with Crippen molar-refractivity contribution >= 4 is 23.5 Å². The maximum absolute atomic E-state index is 5.98. The lowest BCUT2D eigenvalue weighted by Crippen LogP contribution is -2.48. The topological polar surface area (TPSA) is 74.1 Å². The number of nitrogens with zero attached hydrogens (tertiary/aromatic N) is 4. The number of benzene rings is 1. The molecule has 1 aromatic carbocycles. The van der Waals surface area contributed by atoms with Crippen molar-refractivity contribution in [1.82, 2.24) is 20.1 Å². The smallest absolute Gasteiger partial charge is 0.241 e. The second-order valence-electron chi connectivity index (χ2n) is 6.94. The molecule has 0 spiro atoms. The van der Waals surface area contributed by atoms with Crippen LogP contribution in [0.25, 0.3) is 0 Å². The van der Waals surface area contributed by atoms with Crippen molar-refractivity contribution in [2.24, 2.45) is 0 Å². The number of aromatic nitrogens is 3. The lowest BCUT2D eigenvalue weighted by molar-refractivity contribution is 0.132. The maximum Gasteiger partial charge on any atom is 0.241 e. The highest BCUT2D eigenvalue weighted by molar-refractivity contribution is 6.30. The predicted octanol–water partition coefficient (Wildman–Crippen LogP) is 2.96. The van der Waals surface area contributed by atoms with Crippen LogP contribution in [0.15, 0.2) is 24.3 Å². The first-order valence-corrected chi connectivity index (χ1v) is 9.33. The minimum absolute atomic E-state index is 0.309. The highest BCUT2D eigenvalue weighted by atomic mass is 35.5. The van der Waals surface area contributed by atoms with Crippen LogP contribution in [-0.2, 0) is 6.42 Å². The number of hydrogen-bond acceptors (Lipinski definition) is 5. The second-order valence-corrected chi connectivity index (χ2v) is 7.38. The van der Waals surface area contributed by atoms with Gasteiger partial charge in [0.2, 0.25) is 11.9 Å². The summed E-state index contributed by atoms with van der Waals surface area (Å²) in [6.45, 7) is 7.59. The van der Waals surface area contributed by atoms with E-state index in [1.807, 2.05) is 12.1 Å². The summed E-state index contributed by atoms with van der Waals surface area (Å²) in [7, 11) is 0. The second kappa shape index (κ2) is 8.06. The summed E-state index contributed by atoms with van der Waals surface area (Å²) < 4.78 is 0. The zero-order valence-electron chi connectivity index (χ0n) is 15.0. The van der Waals surface area contributed by atoms with Gasteiger partial charge in [-0.25, -0.2) is 5.10 Å². The Morgan fingerprint density at radius 3 is 2.52 bits per heavy atom. The van der Waals surface area contributed by atoms with Crippen LogP contribution in [0, 0.1) is 0 Å². The van der Waals surface area contributed by atoms with E-state index in [1.165, 1.54) is 5.56 Å². The minimum Gasteiger partial charge on any atom is -0.366 e. The van der Waals surface area contributed by atoms with Gasteiger partial charge in [0.25, 0.3) is 0 Å². The molecule has 2 heterocycles.